The molecule has 0 radical (unpaired) electrons. The highest BCUT2D eigenvalue weighted by Crippen LogP contribution is 2.42. The standard InChI is InChI=1S/C31H28N4OS/c1-21(2)36-26-16-14-24(15-17-26)35-30(29(33-31(35)37)27-10-5-6-18-32-27)28-11-7-19-34(28)25-13-12-22-8-3-4-9-23(22)20-25/h3-21,29-30H,1-2H3,(H,33,37)/t29-,30+/m0/s1. The van der Waals surface area contributed by atoms with E-state index in [0.29, 0.717) is 5.11 Å². The number of thiocarbonyl (C=S) groups is 1. The average Bonchev–Trinajstić information content (AvgIpc) is 3.53. The van der Waals surface area contributed by atoms with E-state index in [1.165, 1.54) is 10.8 Å². The molecule has 0 spiro atoms. The van der Waals surface area contributed by atoms with Gasteiger partial charge in [0.2, 0.25) is 0 Å². The number of nitrogens with zero attached hydrogens (tertiary/aromatic N) is 3. The number of nitrogens with one attached hydrogen (secondary N) is 1. The number of pyridine rings is 1. The number of benzene rings is 3. The zero-order valence-corrected chi connectivity index (χ0v) is 21.6. The van der Waals surface area contributed by atoms with Crippen LogP contribution in [-0.4, -0.2) is 20.8 Å². The first-order valence-corrected chi connectivity index (χ1v) is 12.9. The molecule has 6 heteroatoms. The fourth-order valence-corrected chi connectivity index (χ4v) is 5.43. The topological polar surface area (TPSA) is 42.3 Å². The van der Waals surface area contributed by atoms with Crippen molar-refractivity contribution >= 4 is 33.8 Å². The van der Waals surface area contributed by atoms with Crippen LogP contribution < -0.4 is 15.0 Å². The van der Waals surface area contributed by atoms with E-state index in [9.17, 15) is 0 Å². The van der Waals surface area contributed by atoms with E-state index in [-0.39, 0.29) is 18.2 Å². The van der Waals surface area contributed by atoms with Gasteiger partial charge in [-0.15, -0.1) is 0 Å². The normalized spacial score (nSPS) is 17.4. The zero-order valence-electron chi connectivity index (χ0n) is 20.8. The number of hydrogen-bond donors (Lipinski definition) is 1. The third kappa shape index (κ3) is 4.45. The molecule has 37 heavy (non-hydrogen) atoms. The highest BCUT2D eigenvalue weighted by molar-refractivity contribution is 7.80. The second kappa shape index (κ2) is 9.71. The SMILES string of the molecule is CC(C)Oc1ccc(N2C(=S)N[C@@H](c3ccccn3)[C@H]2c2cccn2-c2ccc3ccccc3c2)cc1. The van der Waals surface area contributed by atoms with Crippen LogP contribution in [0.2, 0.25) is 0 Å². The van der Waals surface area contributed by atoms with Gasteiger partial charge in [-0.1, -0.05) is 36.4 Å². The minimum Gasteiger partial charge on any atom is -0.491 e. The van der Waals surface area contributed by atoms with E-state index in [4.69, 9.17) is 21.9 Å². The zero-order chi connectivity index (χ0) is 25.4. The van der Waals surface area contributed by atoms with Crippen LogP contribution in [0.4, 0.5) is 5.69 Å². The molecule has 1 aliphatic rings. The summed E-state index contributed by atoms with van der Waals surface area (Å²) in [6, 6.07) is 33.2. The van der Waals surface area contributed by atoms with Gasteiger partial charge in [-0.2, -0.15) is 0 Å². The Bertz CT molecular complexity index is 1540. The molecule has 5 nitrogen and oxygen atoms in total. The Kier molecular flexibility index (Phi) is 6.10. The molecule has 0 aliphatic carbocycles. The molecule has 0 amide bonds. The van der Waals surface area contributed by atoms with Gasteiger partial charge in [-0.25, -0.2) is 0 Å². The first-order chi connectivity index (χ1) is 18.1. The highest BCUT2D eigenvalue weighted by atomic mass is 32.1. The molecule has 3 aromatic carbocycles. The molecule has 1 saturated heterocycles. The molecule has 0 bridgehead atoms. The molecule has 6 rings (SSSR count). The van der Waals surface area contributed by atoms with Crippen molar-refractivity contribution in [3.63, 3.8) is 0 Å². The third-order valence-electron chi connectivity index (χ3n) is 6.68. The van der Waals surface area contributed by atoms with Gasteiger partial charge >= 0.3 is 0 Å². The van der Waals surface area contributed by atoms with Crippen molar-refractivity contribution in [1.29, 1.82) is 0 Å². The lowest BCUT2D eigenvalue weighted by Gasteiger charge is -2.29. The van der Waals surface area contributed by atoms with E-state index in [0.717, 1.165) is 28.5 Å². The Morgan fingerprint density at radius 1 is 0.838 bits per heavy atom. The molecule has 2 aromatic heterocycles. The van der Waals surface area contributed by atoms with Gasteiger partial charge in [0.15, 0.2) is 5.11 Å². The summed E-state index contributed by atoms with van der Waals surface area (Å²) in [4.78, 5) is 6.89. The predicted octanol–water partition coefficient (Wildman–Crippen LogP) is 6.99. The molecular weight excluding hydrogens is 476 g/mol. The van der Waals surface area contributed by atoms with Gasteiger partial charge in [0.1, 0.15) is 11.8 Å². The monoisotopic (exact) mass is 504 g/mol. The van der Waals surface area contributed by atoms with Gasteiger partial charge in [-0.3, -0.25) is 4.98 Å². The second-order valence-corrected chi connectivity index (χ2v) is 9.88. The highest BCUT2D eigenvalue weighted by Gasteiger charge is 2.42. The molecule has 184 valence electrons. The fourth-order valence-electron chi connectivity index (χ4n) is 5.09. The number of fused-ring (bicyclic) bond motifs is 1. The van der Waals surface area contributed by atoms with Crippen LogP contribution >= 0.6 is 12.2 Å². The van der Waals surface area contributed by atoms with E-state index < -0.39 is 0 Å². The molecule has 0 unspecified atom stereocenters. The maximum absolute atomic E-state index is 5.92. The van der Waals surface area contributed by atoms with E-state index in [2.05, 4.69) is 93.8 Å². The number of rotatable bonds is 6. The Labute approximate surface area is 222 Å². The van der Waals surface area contributed by atoms with Crippen LogP contribution in [0.1, 0.15) is 37.3 Å². The van der Waals surface area contributed by atoms with Gasteiger partial charge in [0, 0.05) is 29.5 Å². The van der Waals surface area contributed by atoms with Crippen molar-refractivity contribution in [2.75, 3.05) is 4.90 Å². The number of ether oxygens (including phenoxy) is 1. The fraction of sp³-hybridized carbons (Fsp3) is 0.161. The summed E-state index contributed by atoms with van der Waals surface area (Å²) in [5, 5.41) is 6.66. The summed E-state index contributed by atoms with van der Waals surface area (Å²) in [6.07, 6.45) is 4.07. The van der Waals surface area contributed by atoms with Crippen molar-refractivity contribution < 1.29 is 4.74 Å². The number of hydrogen-bond acceptors (Lipinski definition) is 3. The summed E-state index contributed by atoms with van der Waals surface area (Å²) in [6.45, 7) is 4.06. The molecule has 0 saturated carbocycles. The minimum absolute atomic E-state index is 0.110. The Morgan fingerprint density at radius 2 is 1.59 bits per heavy atom. The molecule has 1 N–H and O–H groups in total. The smallest absolute Gasteiger partial charge is 0.174 e. The average molecular weight is 505 g/mol. The summed E-state index contributed by atoms with van der Waals surface area (Å²) < 4.78 is 8.14. The van der Waals surface area contributed by atoms with Crippen molar-refractivity contribution in [3.05, 3.63) is 121 Å². The minimum atomic E-state index is -0.116. The Balaban J connectivity index is 1.46. The van der Waals surface area contributed by atoms with Gasteiger partial charge < -0.3 is 19.5 Å². The van der Waals surface area contributed by atoms with Crippen LogP contribution in [-0.2, 0) is 0 Å². The maximum atomic E-state index is 5.92. The van der Waals surface area contributed by atoms with Crippen LogP contribution in [0.5, 0.6) is 5.75 Å². The second-order valence-electron chi connectivity index (χ2n) is 9.49. The van der Waals surface area contributed by atoms with Crippen molar-refractivity contribution in [1.82, 2.24) is 14.9 Å². The Morgan fingerprint density at radius 3 is 2.35 bits per heavy atom. The summed E-state index contributed by atoms with van der Waals surface area (Å²) in [7, 11) is 0. The van der Waals surface area contributed by atoms with Crippen molar-refractivity contribution in [2.24, 2.45) is 0 Å². The van der Waals surface area contributed by atoms with Gasteiger partial charge in [-0.05, 0) is 97.5 Å². The van der Waals surface area contributed by atoms with Crippen LogP contribution in [0, 0.1) is 0 Å². The van der Waals surface area contributed by atoms with Crippen LogP contribution in [0.3, 0.4) is 0 Å². The molecule has 1 fully saturated rings. The lowest BCUT2D eigenvalue weighted by atomic mass is 10.0. The predicted molar refractivity (Wildman–Crippen MR) is 153 cm³/mol. The first kappa shape index (κ1) is 23.3. The van der Waals surface area contributed by atoms with Crippen LogP contribution in [0.25, 0.3) is 16.5 Å². The number of anilines is 1. The molecule has 1 aliphatic heterocycles. The largest absolute Gasteiger partial charge is 0.491 e. The van der Waals surface area contributed by atoms with Crippen molar-refractivity contribution in [2.45, 2.75) is 32.0 Å². The lowest BCUT2D eigenvalue weighted by Crippen LogP contribution is -2.30. The quantitative estimate of drug-likeness (QED) is 0.253. The van der Waals surface area contributed by atoms with Gasteiger partial charge in [0.05, 0.1) is 17.8 Å². The molecule has 5 aromatic rings. The molecule has 2 atom stereocenters. The Hall–Kier alpha value is -4.16. The molecular formula is C31H28N4OS. The van der Waals surface area contributed by atoms with Gasteiger partial charge in [0.25, 0.3) is 0 Å². The first-order valence-electron chi connectivity index (χ1n) is 12.5. The summed E-state index contributed by atoms with van der Waals surface area (Å²) in [5.74, 6) is 0.842. The van der Waals surface area contributed by atoms with E-state index >= 15 is 0 Å². The van der Waals surface area contributed by atoms with E-state index in [1.807, 2.05) is 44.3 Å². The lowest BCUT2D eigenvalue weighted by molar-refractivity contribution is 0.242. The van der Waals surface area contributed by atoms with Crippen LogP contribution in [0.15, 0.2) is 109 Å². The van der Waals surface area contributed by atoms with E-state index in [1.54, 1.807) is 0 Å². The summed E-state index contributed by atoms with van der Waals surface area (Å²) >= 11 is 5.92. The third-order valence-corrected chi connectivity index (χ3v) is 6.99. The number of aromatic nitrogens is 2. The summed E-state index contributed by atoms with van der Waals surface area (Å²) in [5.41, 5.74) is 4.18. The maximum Gasteiger partial charge on any atom is 0.174 e. The van der Waals surface area contributed by atoms with Crippen molar-refractivity contribution in [3.8, 4) is 11.4 Å². The molecule has 3 heterocycles.